The van der Waals surface area contributed by atoms with Crippen LogP contribution in [0.4, 0.5) is 4.79 Å². The number of carbonyl (C=O) groups is 1. The number of carbonyl (C=O) groups excluding carboxylic acids is 1. The Balaban J connectivity index is 2.24. The van der Waals surface area contributed by atoms with Crippen LogP contribution in [0.5, 0.6) is 0 Å². The Morgan fingerprint density at radius 3 is 3.18 bits per heavy atom. The lowest BCUT2D eigenvalue weighted by Gasteiger charge is -2.27. The van der Waals surface area contributed by atoms with Gasteiger partial charge in [-0.25, -0.2) is 4.79 Å². The summed E-state index contributed by atoms with van der Waals surface area (Å²) in [6.45, 7) is 1.91. The minimum absolute atomic E-state index is 0.0694. The standard InChI is InChI=1S/C8H10O3/c1-8-5-3-2-4-6(8)10-7(9)11-8/h2-3,6H,4-5H2,1H3/t6-,8+/m1/s1. The lowest BCUT2D eigenvalue weighted by molar-refractivity contribution is 0.0456. The summed E-state index contributed by atoms with van der Waals surface area (Å²) in [6, 6.07) is 0. The predicted molar refractivity (Wildman–Crippen MR) is 38.1 cm³/mol. The molecule has 2 aliphatic rings. The summed E-state index contributed by atoms with van der Waals surface area (Å²) in [5, 5.41) is 0. The zero-order chi connectivity index (χ0) is 7.90. The Hall–Kier alpha value is -0.990. The van der Waals surface area contributed by atoms with Gasteiger partial charge in [-0.2, -0.15) is 0 Å². The molecule has 60 valence electrons. The van der Waals surface area contributed by atoms with Crippen molar-refractivity contribution in [2.45, 2.75) is 31.5 Å². The Morgan fingerprint density at radius 1 is 1.64 bits per heavy atom. The molecule has 0 saturated carbocycles. The van der Waals surface area contributed by atoms with Crippen LogP contribution >= 0.6 is 0 Å². The molecular weight excluding hydrogens is 144 g/mol. The van der Waals surface area contributed by atoms with Crippen LogP contribution in [0.1, 0.15) is 19.8 Å². The number of ether oxygens (including phenoxy) is 2. The molecule has 2 rings (SSSR count). The van der Waals surface area contributed by atoms with E-state index in [-0.39, 0.29) is 6.10 Å². The van der Waals surface area contributed by atoms with Gasteiger partial charge in [0, 0.05) is 12.8 Å². The van der Waals surface area contributed by atoms with Gasteiger partial charge in [0.15, 0.2) is 5.60 Å². The van der Waals surface area contributed by atoms with Crippen molar-refractivity contribution < 1.29 is 14.3 Å². The predicted octanol–water partition coefficient (Wildman–Crippen LogP) is 1.63. The van der Waals surface area contributed by atoms with E-state index in [1.165, 1.54) is 0 Å². The first-order chi connectivity index (χ1) is 5.21. The second-order valence-corrected chi connectivity index (χ2v) is 3.18. The molecule has 0 unspecified atom stereocenters. The molecule has 1 heterocycles. The minimum atomic E-state index is -0.527. The van der Waals surface area contributed by atoms with Gasteiger partial charge in [0.2, 0.25) is 0 Å². The maximum atomic E-state index is 10.7. The molecule has 1 saturated heterocycles. The molecule has 0 spiro atoms. The smallest absolute Gasteiger partial charge is 0.426 e. The molecule has 1 aliphatic heterocycles. The van der Waals surface area contributed by atoms with Crippen molar-refractivity contribution in [3.63, 3.8) is 0 Å². The Morgan fingerprint density at radius 2 is 2.45 bits per heavy atom. The zero-order valence-corrected chi connectivity index (χ0v) is 6.37. The fraction of sp³-hybridized carbons (Fsp3) is 0.625. The molecule has 1 aliphatic carbocycles. The summed E-state index contributed by atoms with van der Waals surface area (Å²) in [7, 11) is 0. The Bertz CT molecular complexity index is 221. The highest BCUT2D eigenvalue weighted by atomic mass is 16.8. The van der Waals surface area contributed by atoms with Crippen molar-refractivity contribution in [2.24, 2.45) is 0 Å². The highest BCUT2D eigenvalue weighted by Gasteiger charge is 2.47. The lowest BCUT2D eigenvalue weighted by Crippen LogP contribution is -2.37. The van der Waals surface area contributed by atoms with E-state index in [0.29, 0.717) is 0 Å². The first kappa shape index (κ1) is 6.70. The van der Waals surface area contributed by atoms with Crippen LogP contribution in [0.15, 0.2) is 12.2 Å². The molecule has 2 atom stereocenters. The fourth-order valence-corrected chi connectivity index (χ4v) is 1.53. The molecular formula is C8H10O3. The first-order valence-electron chi connectivity index (χ1n) is 3.75. The SMILES string of the molecule is C[C@]12CC=CC[C@H]1OC(=O)O2. The topological polar surface area (TPSA) is 35.5 Å². The number of hydrogen-bond acceptors (Lipinski definition) is 3. The van der Waals surface area contributed by atoms with Gasteiger partial charge in [0.1, 0.15) is 6.10 Å². The van der Waals surface area contributed by atoms with Crippen molar-refractivity contribution in [1.29, 1.82) is 0 Å². The number of fused-ring (bicyclic) bond motifs is 1. The molecule has 0 amide bonds. The molecule has 0 radical (unpaired) electrons. The molecule has 1 fully saturated rings. The van der Waals surface area contributed by atoms with Crippen LogP contribution in [-0.4, -0.2) is 17.9 Å². The first-order valence-corrected chi connectivity index (χ1v) is 3.75. The van der Waals surface area contributed by atoms with Crippen LogP contribution in [0.2, 0.25) is 0 Å². The van der Waals surface area contributed by atoms with Crippen molar-refractivity contribution in [1.82, 2.24) is 0 Å². The second kappa shape index (κ2) is 2.00. The number of hydrogen-bond donors (Lipinski definition) is 0. The van der Waals surface area contributed by atoms with E-state index < -0.39 is 11.8 Å². The average Bonchev–Trinajstić information content (AvgIpc) is 2.22. The van der Waals surface area contributed by atoms with E-state index in [1.807, 2.05) is 19.1 Å². The Labute approximate surface area is 65.0 Å². The molecule has 0 N–H and O–H groups in total. The van der Waals surface area contributed by atoms with Gasteiger partial charge in [0.05, 0.1) is 0 Å². The third-order valence-corrected chi connectivity index (χ3v) is 2.28. The largest absolute Gasteiger partial charge is 0.509 e. The van der Waals surface area contributed by atoms with Crippen LogP contribution < -0.4 is 0 Å². The van der Waals surface area contributed by atoms with Crippen molar-refractivity contribution in [3.8, 4) is 0 Å². The summed E-state index contributed by atoms with van der Waals surface area (Å²) in [6.07, 6.45) is 5.00. The normalized spacial score (nSPS) is 41.2. The quantitative estimate of drug-likeness (QED) is 0.393. The summed E-state index contributed by atoms with van der Waals surface area (Å²) >= 11 is 0. The third-order valence-electron chi connectivity index (χ3n) is 2.28. The van der Waals surface area contributed by atoms with Gasteiger partial charge in [-0.15, -0.1) is 0 Å². The van der Waals surface area contributed by atoms with E-state index in [9.17, 15) is 4.79 Å². The molecule has 0 aromatic carbocycles. The van der Waals surface area contributed by atoms with E-state index in [1.54, 1.807) is 0 Å². The molecule has 11 heavy (non-hydrogen) atoms. The lowest BCUT2D eigenvalue weighted by atomic mass is 9.89. The average molecular weight is 154 g/mol. The van der Waals surface area contributed by atoms with Gasteiger partial charge in [0.25, 0.3) is 0 Å². The van der Waals surface area contributed by atoms with Gasteiger partial charge >= 0.3 is 6.16 Å². The monoisotopic (exact) mass is 154 g/mol. The van der Waals surface area contributed by atoms with Gasteiger partial charge in [-0.1, -0.05) is 12.2 Å². The fourth-order valence-electron chi connectivity index (χ4n) is 1.53. The highest BCUT2D eigenvalue weighted by molar-refractivity contribution is 5.63. The summed E-state index contributed by atoms with van der Waals surface area (Å²) < 4.78 is 10.00. The van der Waals surface area contributed by atoms with Crippen molar-refractivity contribution in [3.05, 3.63) is 12.2 Å². The number of rotatable bonds is 0. The maximum Gasteiger partial charge on any atom is 0.509 e. The van der Waals surface area contributed by atoms with Crippen LogP contribution in [0, 0.1) is 0 Å². The van der Waals surface area contributed by atoms with Crippen LogP contribution in [0.25, 0.3) is 0 Å². The molecule has 3 heteroatoms. The summed E-state index contributed by atoms with van der Waals surface area (Å²) in [5.41, 5.74) is -0.397. The zero-order valence-electron chi connectivity index (χ0n) is 6.37. The maximum absolute atomic E-state index is 10.7. The third kappa shape index (κ3) is 0.914. The molecule has 3 nitrogen and oxygen atoms in total. The van der Waals surface area contributed by atoms with Gasteiger partial charge < -0.3 is 9.47 Å². The van der Waals surface area contributed by atoms with Crippen molar-refractivity contribution >= 4 is 6.16 Å². The van der Waals surface area contributed by atoms with Crippen LogP contribution in [0.3, 0.4) is 0 Å². The molecule has 0 bridgehead atoms. The van der Waals surface area contributed by atoms with E-state index in [2.05, 4.69) is 0 Å². The van der Waals surface area contributed by atoms with Crippen molar-refractivity contribution in [2.75, 3.05) is 0 Å². The molecule has 0 aromatic rings. The summed E-state index contributed by atoms with van der Waals surface area (Å²) in [5.74, 6) is 0. The summed E-state index contributed by atoms with van der Waals surface area (Å²) in [4.78, 5) is 10.7. The van der Waals surface area contributed by atoms with Crippen LogP contribution in [-0.2, 0) is 9.47 Å². The van der Waals surface area contributed by atoms with E-state index >= 15 is 0 Å². The minimum Gasteiger partial charge on any atom is -0.426 e. The Kier molecular flexibility index (Phi) is 1.22. The second-order valence-electron chi connectivity index (χ2n) is 3.18. The molecule has 0 aromatic heterocycles. The van der Waals surface area contributed by atoms with Gasteiger partial charge in [-0.3, -0.25) is 0 Å². The van der Waals surface area contributed by atoms with E-state index in [4.69, 9.17) is 9.47 Å². The van der Waals surface area contributed by atoms with Gasteiger partial charge in [-0.05, 0) is 6.92 Å². The van der Waals surface area contributed by atoms with E-state index in [0.717, 1.165) is 12.8 Å². The highest BCUT2D eigenvalue weighted by Crippen LogP contribution is 2.35.